The molecule has 1 aromatic rings. The number of halogens is 1. The lowest BCUT2D eigenvalue weighted by atomic mass is 9.97. The molecule has 1 heterocycles. The maximum absolute atomic E-state index is 12.0. The highest BCUT2D eigenvalue weighted by molar-refractivity contribution is 8.14. The molecule has 0 spiro atoms. The molecule has 0 aromatic heterocycles. The van der Waals surface area contributed by atoms with Crippen molar-refractivity contribution in [3.8, 4) is 5.75 Å². The molecule has 5 nitrogen and oxygen atoms in total. The number of benzene rings is 1. The zero-order valence-corrected chi connectivity index (χ0v) is 13.5. The molecule has 1 aliphatic heterocycles. The van der Waals surface area contributed by atoms with Crippen LogP contribution in [-0.2, 0) is 4.79 Å². The van der Waals surface area contributed by atoms with Crippen molar-refractivity contribution in [2.75, 3.05) is 5.75 Å². The molecular formula is C14H15ClN2O3S. The summed E-state index contributed by atoms with van der Waals surface area (Å²) < 4.78 is 5.44. The molecule has 1 N–H and O–H groups in total. The van der Waals surface area contributed by atoms with Gasteiger partial charge >= 0.3 is 5.97 Å². The number of amides is 1. The van der Waals surface area contributed by atoms with Crippen molar-refractivity contribution < 1.29 is 14.3 Å². The standard InChI is InChI=1S/C14H15ClN2O3S/c1-14(2,3)12(18)20-11-5-4-8(15)6-9(11)10-7-21-13(19)17-16-10/h4-6H,7H2,1-3H3,(H,17,19). The average Bonchev–Trinajstić information content (AvgIpc) is 2.40. The Bertz CT molecular complexity index is 623. The van der Waals surface area contributed by atoms with E-state index in [0.29, 0.717) is 27.8 Å². The fourth-order valence-electron chi connectivity index (χ4n) is 1.52. The van der Waals surface area contributed by atoms with E-state index in [9.17, 15) is 9.59 Å². The molecule has 0 saturated carbocycles. The smallest absolute Gasteiger partial charge is 0.316 e. The number of esters is 1. The van der Waals surface area contributed by atoms with Crippen LogP contribution in [0.25, 0.3) is 0 Å². The van der Waals surface area contributed by atoms with Crippen LogP contribution in [0.2, 0.25) is 5.02 Å². The summed E-state index contributed by atoms with van der Waals surface area (Å²) in [5.41, 5.74) is 2.99. The second-order valence-electron chi connectivity index (χ2n) is 5.53. The Hall–Kier alpha value is -1.53. The second-order valence-corrected chi connectivity index (χ2v) is 6.91. The van der Waals surface area contributed by atoms with Gasteiger partial charge in [0.2, 0.25) is 0 Å². The Morgan fingerprint density at radius 1 is 1.43 bits per heavy atom. The SMILES string of the molecule is CC(C)(C)C(=O)Oc1ccc(Cl)cc1C1=NNC(=O)SC1. The molecule has 0 saturated heterocycles. The van der Waals surface area contributed by atoms with Gasteiger partial charge in [-0.15, -0.1) is 0 Å². The number of hydrazone groups is 1. The van der Waals surface area contributed by atoms with Crippen LogP contribution in [0.4, 0.5) is 4.79 Å². The van der Waals surface area contributed by atoms with E-state index in [-0.39, 0.29) is 11.2 Å². The first kappa shape index (κ1) is 15.9. The first-order valence-electron chi connectivity index (χ1n) is 6.29. The van der Waals surface area contributed by atoms with E-state index < -0.39 is 5.41 Å². The Morgan fingerprint density at radius 3 is 2.71 bits per heavy atom. The number of ether oxygens (including phenoxy) is 1. The number of nitrogens with zero attached hydrogens (tertiary/aromatic N) is 1. The summed E-state index contributed by atoms with van der Waals surface area (Å²) in [6.07, 6.45) is 0. The van der Waals surface area contributed by atoms with Gasteiger partial charge in [-0.3, -0.25) is 9.59 Å². The third-order valence-corrected chi connectivity index (χ3v) is 3.70. The predicted octanol–water partition coefficient (Wildman–Crippen LogP) is 3.45. The summed E-state index contributed by atoms with van der Waals surface area (Å²) in [5.74, 6) is 0.431. The van der Waals surface area contributed by atoms with Gasteiger partial charge in [0.05, 0.1) is 11.1 Å². The summed E-state index contributed by atoms with van der Waals surface area (Å²) in [5, 5.41) is 4.29. The van der Waals surface area contributed by atoms with E-state index in [4.69, 9.17) is 16.3 Å². The van der Waals surface area contributed by atoms with Gasteiger partial charge in [-0.05, 0) is 39.0 Å². The third-order valence-electron chi connectivity index (χ3n) is 2.69. The molecule has 1 aliphatic rings. The highest BCUT2D eigenvalue weighted by Crippen LogP contribution is 2.28. The highest BCUT2D eigenvalue weighted by atomic mass is 35.5. The van der Waals surface area contributed by atoms with Crippen LogP contribution in [0.15, 0.2) is 23.3 Å². The number of nitrogens with one attached hydrogen (secondary N) is 1. The van der Waals surface area contributed by atoms with Gasteiger partial charge in [0.15, 0.2) is 0 Å². The quantitative estimate of drug-likeness (QED) is 0.667. The van der Waals surface area contributed by atoms with Crippen LogP contribution >= 0.6 is 23.4 Å². The zero-order chi connectivity index (χ0) is 15.6. The molecular weight excluding hydrogens is 312 g/mol. The van der Waals surface area contributed by atoms with E-state index in [2.05, 4.69) is 10.5 Å². The molecule has 112 valence electrons. The van der Waals surface area contributed by atoms with E-state index >= 15 is 0 Å². The van der Waals surface area contributed by atoms with Crippen LogP contribution < -0.4 is 10.2 Å². The fraction of sp³-hybridized carbons (Fsp3) is 0.357. The minimum atomic E-state index is -0.617. The topological polar surface area (TPSA) is 67.8 Å². The molecule has 0 atom stereocenters. The predicted molar refractivity (Wildman–Crippen MR) is 84.1 cm³/mol. The highest BCUT2D eigenvalue weighted by Gasteiger charge is 2.26. The van der Waals surface area contributed by atoms with Gasteiger partial charge < -0.3 is 4.74 Å². The number of thioether (sulfide) groups is 1. The fourth-order valence-corrected chi connectivity index (χ4v) is 2.29. The first-order valence-corrected chi connectivity index (χ1v) is 7.65. The van der Waals surface area contributed by atoms with Gasteiger partial charge in [0.25, 0.3) is 5.24 Å². The summed E-state index contributed by atoms with van der Waals surface area (Å²) >= 11 is 7.10. The summed E-state index contributed by atoms with van der Waals surface area (Å²) in [7, 11) is 0. The van der Waals surface area contributed by atoms with Crippen molar-refractivity contribution in [1.29, 1.82) is 0 Å². The largest absolute Gasteiger partial charge is 0.425 e. The van der Waals surface area contributed by atoms with E-state index in [1.165, 1.54) is 0 Å². The van der Waals surface area contributed by atoms with Crippen LogP contribution in [0.1, 0.15) is 26.3 Å². The molecule has 0 radical (unpaired) electrons. The number of hydrogen-bond donors (Lipinski definition) is 1. The molecule has 1 aromatic carbocycles. The Labute approximate surface area is 132 Å². The van der Waals surface area contributed by atoms with Crippen molar-refractivity contribution in [1.82, 2.24) is 5.43 Å². The lowest BCUT2D eigenvalue weighted by Crippen LogP contribution is -2.28. The van der Waals surface area contributed by atoms with E-state index in [1.54, 1.807) is 39.0 Å². The number of carbonyl (C=O) groups is 2. The van der Waals surface area contributed by atoms with E-state index in [0.717, 1.165) is 11.8 Å². The summed E-state index contributed by atoms with van der Waals surface area (Å²) in [6, 6.07) is 4.94. The first-order chi connectivity index (χ1) is 9.77. The minimum Gasteiger partial charge on any atom is -0.425 e. The van der Waals surface area contributed by atoms with Crippen molar-refractivity contribution in [3.63, 3.8) is 0 Å². The van der Waals surface area contributed by atoms with Crippen LogP contribution in [0.3, 0.4) is 0 Å². The normalized spacial score (nSPS) is 15.2. The maximum atomic E-state index is 12.0. The van der Waals surface area contributed by atoms with E-state index in [1.807, 2.05) is 0 Å². The van der Waals surface area contributed by atoms with Crippen LogP contribution in [0.5, 0.6) is 5.75 Å². The maximum Gasteiger partial charge on any atom is 0.316 e. The van der Waals surface area contributed by atoms with Gasteiger partial charge in [-0.1, -0.05) is 23.4 Å². The molecule has 0 fully saturated rings. The zero-order valence-electron chi connectivity index (χ0n) is 11.9. The molecule has 21 heavy (non-hydrogen) atoms. The lowest BCUT2D eigenvalue weighted by Gasteiger charge is -2.19. The van der Waals surface area contributed by atoms with Crippen molar-refractivity contribution in [2.24, 2.45) is 10.5 Å². The van der Waals surface area contributed by atoms with Gasteiger partial charge in [0, 0.05) is 16.3 Å². The average molecular weight is 327 g/mol. The Kier molecular flexibility index (Phi) is 4.58. The number of rotatable bonds is 2. The summed E-state index contributed by atoms with van der Waals surface area (Å²) in [6.45, 7) is 5.33. The van der Waals surface area contributed by atoms with Gasteiger partial charge in [-0.25, -0.2) is 5.43 Å². The second kappa shape index (κ2) is 6.07. The van der Waals surface area contributed by atoms with Crippen molar-refractivity contribution in [3.05, 3.63) is 28.8 Å². The minimum absolute atomic E-state index is 0.214. The third kappa shape index (κ3) is 3.98. The Morgan fingerprint density at radius 2 is 2.14 bits per heavy atom. The molecule has 7 heteroatoms. The Balaban J connectivity index is 2.34. The van der Waals surface area contributed by atoms with Crippen LogP contribution in [-0.4, -0.2) is 22.7 Å². The monoisotopic (exact) mass is 326 g/mol. The van der Waals surface area contributed by atoms with Gasteiger partial charge in [0.1, 0.15) is 5.75 Å². The molecule has 0 aliphatic carbocycles. The summed E-state index contributed by atoms with van der Waals surface area (Å²) in [4.78, 5) is 23.2. The van der Waals surface area contributed by atoms with Gasteiger partial charge in [-0.2, -0.15) is 5.10 Å². The lowest BCUT2D eigenvalue weighted by molar-refractivity contribution is -0.143. The molecule has 0 unspecified atom stereocenters. The number of carbonyl (C=O) groups excluding carboxylic acids is 2. The van der Waals surface area contributed by atoms with Crippen molar-refractivity contribution >= 4 is 40.3 Å². The number of hydrogen-bond acceptors (Lipinski definition) is 5. The van der Waals surface area contributed by atoms with Crippen molar-refractivity contribution in [2.45, 2.75) is 20.8 Å². The van der Waals surface area contributed by atoms with Crippen LogP contribution in [0, 0.1) is 5.41 Å². The molecule has 0 bridgehead atoms. The molecule has 2 rings (SSSR count). The molecule has 1 amide bonds.